The Morgan fingerprint density at radius 2 is 1.63 bits per heavy atom. The Bertz CT molecular complexity index is 494. The van der Waals surface area contributed by atoms with Crippen LogP contribution in [-0.2, 0) is 0 Å². The molecule has 0 radical (unpaired) electrons. The summed E-state index contributed by atoms with van der Waals surface area (Å²) in [4.78, 5) is 11.8. The fourth-order valence-electron chi connectivity index (χ4n) is 2.00. The molecular formula is C13H16N2O4. The number of hydrazone groups is 1. The molecule has 0 bridgehead atoms. The first-order valence-corrected chi connectivity index (χ1v) is 6.18. The molecule has 4 N–H and O–H groups in total. The second kappa shape index (κ2) is 5.60. The standard InChI is InChI=1S/C13H16N2O4/c16-10-6-8(7-11(17)12(10)18)13(19)15-14-9-4-2-1-3-5-9/h6-7,16-18H,1-5H2,(H,15,19). The van der Waals surface area contributed by atoms with Crippen molar-refractivity contribution in [2.45, 2.75) is 32.1 Å². The predicted molar refractivity (Wildman–Crippen MR) is 69.4 cm³/mol. The third-order valence-electron chi connectivity index (χ3n) is 3.08. The van der Waals surface area contributed by atoms with Gasteiger partial charge in [0.25, 0.3) is 5.91 Å². The number of hydrogen-bond acceptors (Lipinski definition) is 5. The minimum absolute atomic E-state index is 0.0351. The maximum absolute atomic E-state index is 11.8. The summed E-state index contributed by atoms with van der Waals surface area (Å²) < 4.78 is 0. The van der Waals surface area contributed by atoms with Crippen LogP contribution in [0.15, 0.2) is 17.2 Å². The Labute approximate surface area is 110 Å². The number of amides is 1. The summed E-state index contributed by atoms with van der Waals surface area (Å²) in [6.45, 7) is 0. The van der Waals surface area contributed by atoms with Crippen LogP contribution in [0, 0.1) is 0 Å². The van der Waals surface area contributed by atoms with E-state index < -0.39 is 23.2 Å². The number of nitrogens with one attached hydrogen (secondary N) is 1. The topological polar surface area (TPSA) is 102 Å². The number of phenolic OH excluding ortho intramolecular Hbond substituents is 3. The van der Waals surface area contributed by atoms with Crippen LogP contribution >= 0.6 is 0 Å². The summed E-state index contributed by atoms with van der Waals surface area (Å²) in [5.41, 5.74) is 3.37. The lowest BCUT2D eigenvalue weighted by Gasteiger charge is -2.12. The molecule has 1 saturated carbocycles. The van der Waals surface area contributed by atoms with E-state index in [-0.39, 0.29) is 5.56 Å². The van der Waals surface area contributed by atoms with Gasteiger partial charge in [-0.2, -0.15) is 5.10 Å². The highest BCUT2D eigenvalue weighted by molar-refractivity contribution is 5.96. The van der Waals surface area contributed by atoms with Gasteiger partial charge < -0.3 is 15.3 Å². The first kappa shape index (κ1) is 13.2. The van der Waals surface area contributed by atoms with Gasteiger partial charge in [0, 0.05) is 11.3 Å². The molecule has 1 aliphatic rings. The van der Waals surface area contributed by atoms with E-state index in [0.29, 0.717) is 0 Å². The second-order valence-electron chi connectivity index (χ2n) is 4.54. The highest BCUT2D eigenvalue weighted by atomic mass is 16.3. The molecule has 0 spiro atoms. The molecule has 0 aliphatic heterocycles. The highest BCUT2D eigenvalue weighted by Crippen LogP contribution is 2.35. The van der Waals surface area contributed by atoms with Crippen LogP contribution in [0.1, 0.15) is 42.5 Å². The van der Waals surface area contributed by atoms with Crippen LogP contribution < -0.4 is 5.43 Å². The van der Waals surface area contributed by atoms with Crippen molar-refractivity contribution in [3.63, 3.8) is 0 Å². The van der Waals surface area contributed by atoms with Crippen LogP contribution in [0.25, 0.3) is 0 Å². The van der Waals surface area contributed by atoms with Gasteiger partial charge in [0.1, 0.15) is 0 Å². The van der Waals surface area contributed by atoms with Crippen molar-refractivity contribution < 1.29 is 20.1 Å². The monoisotopic (exact) mass is 264 g/mol. The third kappa shape index (κ3) is 3.15. The lowest BCUT2D eigenvalue weighted by atomic mass is 9.99. The zero-order chi connectivity index (χ0) is 13.8. The maximum atomic E-state index is 11.8. The molecule has 102 valence electrons. The SMILES string of the molecule is O=C(NN=C1CCCCC1)c1cc(O)c(O)c(O)c1. The largest absolute Gasteiger partial charge is 0.504 e. The molecule has 0 heterocycles. The van der Waals surface area contributed by atoms with Crippen LogP contribution in [0.3, 0.4) is 0 Å². The van der Waals surface area contributed by atoms with Gasteiger partial charge in [0.05, 0.1) is 0 Å². The van der Waals surface area contributed by atoms with E-state index in [1.165, 1.54) is 6.42 Å². The van der Waals surface area contributed by atoms with Crippen molar-refractivity contribution in [2.24, 2.45) is 5.10 Å². The molecule has 6 heteroatoms. The number of benzene rings is 1. The molecule has 1 aromatic carbocycles. The van der Waals surface area contributed by atoms with Crippen molar-refractivity contribution in [3.05, 3.63) is 17.7 Å². The van der Waals surface area contributed by atoms with Crippen molar-refractivity contribution >= 4 is 11.6 Å². The normalized spacial score (nSPS) is 15.1. The van der Waals surface area contributed by atoms with Crippen molar-refractivity contribution in [3.8, 4) is 17.2 Å². The molecule has 1 aliphatic carbocycles. The summed E-state index contributed by atoms with van der Waals surface area (Å²) in [6, 6.07) is 2.15. The number of phenols is 3. The quantitative estimate of drug-likeness (QED) is 0.483. The van der Waals surface area contributed by atoms with E-state index in [0.717, 1.165) is 43.5 Å². The van der Waals surface area contributed by atoms with Gasteiger partial charge in [0.15, 0.2) is 17.2 Å². The number of rotatable bonds is 2. The first-order chi connectivity index (χ1) is 9.08. The summed E-state index contributed by atoms with van der Waals surface area (Å²) in [5, 5.41) is 31.9. The summed E-state index contributed by atoms with van der Waals surface area (Å²) in [6.07, 6.45) is 5.11. The van der Waals surface area contributed by atoms with E-state index in [1.807, 2.05) is 0 Å². The zero-order valence-corrected chi connectivity index (χ0v) is 10.4. The number of carbonyl (C=O) groups excluding carboxylic acids is 1. The van der Waals surface area contributed by atoms with Crippen LogP contribution in [-0.4, -0.2) is 26.9 Å². The van der Waals surface area contributed by atoms with Gasteiger partial charge in [-0.15, -0.1) is 0 Å². The molecule has 1 fully saturated rings. The summed E-state index contributed by atoms with van der Waals surface area (Å²) in [7, 11) is 0. The predicted octanol–water partition coefficient (Wildman–Crippen LogP) is 1.85. The number of aromatic hydroxyl groups is 3. The van der Waals surface area contributed by atoms with Gasteiger partial charge in [-0.25, -0.2) is 5.43 Å². The van der Waals surface area contributed by atoms with Crippen LogP contribution in [0.5, 0.6) is 17.2 Å². The van der Waals surface area contributed by atoms with E-state index in [2.05, 4.69) is 10.5 Å². The Morgan fingerprint density at radius 3 is 2.21 bits per heavy atom. The first-order valence-electron chi connectivity index (χ1n) is 6.18. The Morgan fingerprint density at radius 1 is 1.05 bits per heavy atom. The van der Waals surface area contributed by atoms with Gasteiger partial charge in [-0.05, 0) is 37.8 Å². The van der Waals surface area contributed by atoms with Crippen LogP contribution in [0.4, 0.5) is 0 Å². The molecule has 1 amide bonds. The van der Waals surface area contributed by atoms with Crippen molar-refractivity contribution in [1.82, 2.24) is 5.43 Å². The van der Waals surface area contributed by atoms with Gasteiger partial charge in [-0.1, -0.05) is 6.42 Å². The smallest absolute Gasteiger partial charge is 0.271 e. The van der Waals surface area contributed by atoms with Crippen molar-refractivity contribution in [1.29, 1.82) is 0 Å². The van der Waals surface area contributed by atoms with Crippen LogP contribution in [0.2, 0.25) is 0 Å². The lowest BCUT2D eigenvalue weighted by molar-refractivity contribution is 0.0953. The lowest BCUT2D eigenvalue weighted by Crippen LogP contribution is -2.20. The fourth-order valence-corrected chi connectivity index (χ4v) is 2.00. The number of nitrogens with zero attached hydrogens (tertiary/aromatic N) is 1. The molecule has 0 unspecified atom stereocenters. The van der Waals surface area contributed by atoms with E-state index in [1.54, 1.807) is 0 Å². The second-order valence-corrected chi connectivity index (χ2v) is 4.54. The average molecular weight is 264 g/mol. The van der Waals surface area contributed by atoms with Crippen molar-refractivity contribution in [2.75, 3.05) is 0 Å². The molecule has 19 heavy (non-hydrogen) atoms. The van der Waals surface area contributed by atoms with Gasteiger partial charge in [0.2, 0.25) is 0 Å². The molecular weight excluding hydrogens is 248 g/mol. The Kier molecular flexibility index (Phi) is 3.89. The molecule has 0 aromatic heterocycles. The summed E-state index contributed by atoms with van der Waals surface area (Å²) in [5.74, 6) is -2.27. The summed E-state index contributed by atoms with van der Waals surface area (Å²) >= 11 is 0. The minimum atomic E-state index is -0.643. The molecule has 1 aromatic rings. The van der Waals surface area contributed by atoms with E-state index >= 15 is 0 Å². The van der Waals surface area contributed by atoms with Gasteiger partial charge in [-0.3, -0.25) is 4.79 Å². The van der Waals surface area contributed by atoms with E-state index in [4.69, 9.17) is 0 Å². The highest BCUT2D eigenvalue weighted by Gasteiger charge is 2.13. The number of hydrogen-bond donors (Lipinski definition) is 4. The third-order valence-corrected chi connectivity index (χ3v) is 3.08. The molecule has 6 nitrogen and oxygen atoms in total. The van der Waals surface area contributed by atoms with Gasteiger partial charge >= 0.3 is 0 Å². The molecule has 0 saturated heterocycles. The minimum Gasteiger partial charge on any atom is -0.504 e. The van der Waals surface area contributed by atoms with E-state index in [9.17, 15) is 20.1 Å². The number of carbonyl (C=O) groups is 1. The zero-order valence-electron chi connectivity index (χ0n) is 10.4. The Hall–Kier alpha value is -2.24. The maximum Gasteiger partial charge on any atom is 0.271 e. The fraction of sp³-hybridized carbons (Fsp3) is 0.385. The Balaban J connectivity index is 2.07. The average Bonchev–Trinajstić information content (AvgIpc) is 2.42. The molecule has 0 atom stereocenters. The molecule has 2 rings (SSSR count).